The summed E-state index contributed by atoms with van der Waals surface area (Å²) in [5.41, 5.74) is 1.42. The summed E-state index contributed by atoms with van der Waals surface area (Å²) in [7, 11) is 1.51. The minimum Gasteiger partial charge on any atom is -0.493 e. The quantitative estimate of drug-likeness (QED) is 0.685. The molecule has 0 atom stereocenters. The Morgan fingerprint density at radius 3 is 2.63 bits per heavy atom. The van der Waals surface area contributed by atoms with Crippen molar-refractivity contribution >= 4 is 29.0 Å². The van der Waals surface area contributed by atoms with Crippen LogP contribution in [0.4, 0.5) is 9.18 Å². The van der Waals surface area contributed by atoms with E-state index in [1.54, 1.807) is 43.3 Å². The largest absolute Gasteiger partial charge is 0.493 e. The van der Waals surface area contributed by atoms with E-state index in [-0.39, 0.29) is 23.6 Å². The maximum atomic E-state index is 13.3. The number of halogens is 1. The topological polar surface area (TPSA) is 55.8 Å². The average Bonchev–Trinajstić information content (AvgIpc) is 2.93. The van der Waals surface area contributed by atoms with Gasteiger partial charge in [-0.2, -0.15) is 0 Å². The van der Waals surface area contributed by atoms with E-state index in [1.165, 1.54) is 24.1 Å². The maximum absolute atomic E-state index is 13.3. The fourth-order valence-corrected chi connectivity index (χ4v) is 3.51. The van der Waals surface area contributed by atoms with Crippen LogP contribution in [-0.4, -0.2) is 29.7 Å². The van der Waals surface area contributed by atoms with Crippen LogP contribution in [0.3, 0.4) is 0 Å². The van der Waals surface area contributed by atoms with Crippen LogP contribution in [0, 0.1) is 5.82 Å². The Bertz CT molecular complexity index is 913. The summed E-state index contributed by atoms with van der Waals surface area (Å²) < 4.78 is 24.3. The summed E-state index contributed by atoms with van der Waals surface area (Å²) in [6.07, 6.45) is 1.65. The lowest BCUT2D eigenvalue weighted by Gasteiger charge is -2.12. The molecule has 140 valence electrons. The van der Waals surface area contributed by atoms with E-state index in [9.17, 15) is 14.0 Å². The first-order valence-electron chi connectivity index (χ1n) is 8.32. The van der Waals surface area contributed by atoms with Gasteiger partial charge < -0.3 is 9.47 Å². The third-order valence-corrected chi connectivity index (χ3v) is 4.87. The second-order valence-corrected chi connectivity index (χ2v) is 6.75. The minimum absolute atomic E-state index is 0.197. The van der Waals surface area contributed by atoms with Crippen molar-refractivity contribution in [1.82, 2.24) is 4.90 Å². The number of thioether (sulfide) groups is 1. The molecule has 0 aliphatic carbocycles. The third-order valence-electron chi connectivity index (χ3n) is 3.96. The first kappa shape index (κ1) is 19.0. The monoisotopic (exact) mass is 387 g/mol. The lowest BCUT2D eigenvalue weighted by Crippen LogP contribution is -2.27. The number of amides is 2. The molecule has 1 aliphatic heterocycles. The van der Waals surface area contributed by atoms with Crippen LogP contribution >= 0.6 is 11.8 Å². The Hall–Kier alpha value is -2.80. The molecule has 0 N–H and O–H groups in total. The lowest BCUT2D eigenvalue weighted by atomic mass is 10.1. The van der Waals surface area contributed by atoms with Crippen LogP contribution in [-0.2, 0) is 11.4 Å². The Labute approximate surface area is 160 Å². The van der Waals surface area contributed by atoms with Gasteiger partial charge in [0.05, 0.1) is 12.0 Å². The molecule has 3 rings (SSSR count). The van der Waals surface area contributed by atoms with Gasteiger partial charge in [0.1, 0.15) is 12.4 Å². The molecule has 0 saturated carbocycles. The van der Waals surface area contributed by atoms with Crippen LogP contribution in [0.15, 0.2) is 47.4 Å². The van der Waals surface area contributed by atoms with E-state index < -0.39 is 0 Å². The second kappa shape index (κ2) is 8.26. The molecule has 0 spiro atoms. The van der Waals surface area contributed by atoms with Gasteiger partial charge in [-0.15, -0.1) is 0 Å². The van der Waals surface area contributed by atoms with Gasteiger partial charge in [-0.1, -0.05) is 18.2 Å². The molecule has 2 aromatic carbocycles. The highest BCUT2D eigenvalue weighted by molar-refractivity contribution is 8.18. The molecular formula is C20H18FNO4S. The lowest BCUT2D eigenvalue weighted by molar-refractivity contribution is -0.122. The molecule has 5 nitrogen and oxygen atoms in total. The number of benzene rings is 2. The number of carbonyl (C=O) groups is 2. The molecule has 27 heavy (non-hydrogen) atoms. The zero-order valence-corrected chi connectivity index (χ0v) is 15.7. The average molecular weight is 387 g/mol. The molecule has 0 radical (unpaired) electrons. The first-order valence-corrected chi connectivity index (χ1v) is 9.14. The van der Waals surface area contributed by atoms with E-state index in [0.29, 0.717) is 34.1 Å². The maximum Gasteiger partial charge on any atom is 0.293 e. The molecule has 0 aromatic heterocycles. The van der Waals surface area contributed by atoms with Crippen LogP contribution in [0.2, 0.25) is 0 Å². The normalized spacial score (nSPS) is 15.5. The van der Waals surface area contributed by atoms with E-state index >= 15 is 0 Å². The summed E-state index contributed by atoms with van der Waals surface area (Å²) in [5.74, 6) is 0.368. The van der Waals surface area contributed by atoms with Crippen molar-refractivity contribution in [3.63, 3.8) is 0 Å². The van der Waals surface area contributed by atoms with E-state index in [1.807, 2.05) is 0 Å². The van der Waals surface area contributed by atoms with Gasteiger partial charge in [0.25, 0.3) is 11.1 Å². The summed E-state index contributed by atoms with van der Waals surface area (Å²) in [6, 6.07) is 11.4. The molecule has 7 heteroatoms. The van der Waals surface area contributed by atoms with Crippen molar-refractivity contribution < 1.29 is 23.5 Å². The smallest absolute Gasteiger partial charge is 0.293 e. The van der Waals surface area contributed by atoms with Gasteiger partial charge in [-0.3, -0.25) is 14.5 Å². The summed E-state index contributed by atoms with van der Waals surface area (Å²) in [6.45, 7) is 2.30. The zero-order valence-electron chi connectivity index (χ0n) is 14.9. The molecule has 2 amide bonds. The predicted octanol–water partition coefficient (Wildman–Crippen LogP) is 4.47. The predicted molar refractivity (Wildman–Crippen MR) is 102 cm³/mol. The summed E-state index contributed by atoms with van der Waals surface area (Å²) >= 11 is 0.919. The summed E-state index contributed by atoms with van der Waals surface area (Å²) in [4.78, 5) is 25.6. The molecule has 1 saturated heterocycles. The van der Waals surface area contributed by atoms with Crippen molar-refractivity contribution in [2.45, 2.75) is 13.5 Å². The van der Waals surface area contributed by atoms with E-state index in [2.05, 4.69) is 0 Å². The Morgan fingerprint density at radius 2 is 1.96 bits per heavy atom. The highest BCUT2D eigenvalue weighted by atomic mass is 32.2. The molecule has 1 heterocycles. The first-order chi connectivity index (χ1) is 13.0. The Kier molecular flexibility index (Phi) is 5.81. The molecule has 1 fully saturated rings. The third kappa shape index (κ3) is 4.31. The zero-order chi connectivity index (χ0) is 19.4. The fourth-order valence-electron chi connectivity index (χ4n) is 2.61. The molecule has 2 aromatic rings. The van der Waals surface area contributed by atoms with Gasteiger partial charge in [-0.25, -0.2) is 4.39 Å². The number of carbonyl (C=O) groups excluding carboxylic acids is 2. The van der Waals surface area contributed by atoms with Crippen LogP contribution in [0.25, 0.3) is 6.08 Å². The Balaban J connectivity index is 1.77. The molecule has 1 aliphatic rings. The highest BCUT2D eigenvalue weighted by Gasteiger charge is 2.33. The fraction of sp³-hybridized carbons (Fsp3) is 0.200. The minimum atomic E-state index is -0.320. The van der Waals surface area contributed by atoms with Crippen molar-refractivity contribution in [1.29, 1.82) is 0 Å². The Morgan fingerprint density at radius 1 is 1.15 bits per heavy atom. The van der Waals surface area contributed by atoms with E-state index in [4.69, 9.17) is 9.47 Å². The number of nitrogens with zero attached hydrogens (tertiary/aromatic N) is 1. The number of hydrogen-bond acceptors (Lipinski definition) is 5. The SMILES string of the molecule is CCN1C(=O)S/C(=C/c2ccc(OCc3cccc(F)c3)c(OC)c2)C1=O. The number of rotatable bonds is 6. The van der Waals surface area contributed by atoms with Crippen LogP contribution < -0.4 is 9.47 Å². The second-order valence-electron chi connectivity index (χ2n) is 5.75. The number of likely N-dealkylation sites (N-methyl/N-ethyl adjacent to an activating group) is 1. The number of methoxy groups -OCH3 is 1. The van der Waals surface area contributed by atoms with Crippen LogP contribution in [0.1, 0.15) is 18.1 Å². The van der Waals surface area contributed by atoms with Gasteiger partial charge in [0.2, 0.25) is 0 Å². The molecular weight excluding hydrogens is 369 g/mol. The molecule has 0 bridgehead atoms. The van der Waals surface area contributed by atoms with Gasteiger partial charge >= 0.3 is 0 Å². The standard InChI is InChI=1S/C20H18FNO4S/c1-3-22-19(23)18(27-20(22)24)11-13-7-8-16(17(10-13)25-2)26-12-14-5-4-6-15(21)9-14/h4-11H,3,12H2,1-2H3/b18-11+. The number of hydrogen-bond donors (Lipinski definition) is 0. The van der Waals surface area contributed by atoms with E-state index in [0.717, 1.165) is 11.8 Å². The van der Waals surface area contributed by atoms with Gasteiger partial charge in [-0.05, 0) is 60.2 Å². The highest BCUT2D eigenvalue weighted by Crippen LogP contribution is 2.34. The van der Waals surface area contributed by atoms with Crippen molar-refractivity contribution in [3.8, 4) is 11.5 Å². The summed E-state index contributed by atoms with van der Waals surface area (Å²) in [5, 5.41) is -0.268. The van der Waals surface area contributed by atoms with Gasteiger partial charge in [0.15, 0.2) is 11.5 Å². The number of imide groups is 1. The van der Waals surface area contributed by atoms with Crippen molar-refractivity contribution in [2.75, 3.05) is 13.7 Å². The van der Waals surface area contributed by atoms with Crippen molar-refractivity contribution in [3.05, 3.63) is 64.3 Å². The molecule has 0 unspecified atom stereocenters. The van der Waals surface area contributed by atoms with Crippen molar-refractivity contribution in [2.24, 2.45) is 0 Å². The van der Waals surface area contributed by atoms with Crippen LogP contribution in [0.5, 0.6) is 11.5 Å². The number of ether oxygens (including phenoxy) is 2. The van der Waals surface area contributed by atoms with Gasteiger partial charge in [0, 0.05) is 6.54 Å².